The summed E-state index contributed by atoms with van der Waals surface area (Å²) in [5.74, 6) is -9.15. The normalized spacial score (nSPS) is 14.9. The minimum Gasteiger partial charge on any atom is -0.480 e. The van der Waals surface area contributed by atoms with Crippen LogP contribution in [0.1, 0.15) is 117 Å². The predicted molar refractivity (Wildman–Crippen MR) is 290 cm³/mol. The van der Waals surface area contributed by atoms with E-state index in [9.17, 15) is 48.3 Å². The molecule has 21 N–H and O–H groups in total. The van der Waals surface area contributed by atoms with Crippen molar-refractivity contribution in [3.63, 3.8) is 0 Å². The van der Waals surface area contributed by atoms with Crippen molar-refractivity contribution in [1.82, 2.24) is 47.2 Å². The number of aliphatic imine (C=N–C) groups is 2. The summed E-state index contributed by atoms with van der Waals surface area (Å²) in [5, 5.41) is 28.7. The molecule has 0 radical (unpaired) electrons. The number of imidazole rings is 1. The Morgan fingerprint density at radius 2 is 1.15 bits per heavy atom. The first-order valence-corrected chi connectivity index (χ1v) is 26.0. The van der Waals surface area contributed by atoms with E-state index in [4.69, 9.17) is 39.1 Å². The largest absolute Gasteiger partial charge is 0.480 e. The molecule has 0 saturated carbocycles. The second-order valence-corrected chi connectivity index (χ2v) is 19.3. The summed E-state index contributed by atoms with van der Waals surface area (Å²) in [4.78, 5) is 137. The molecule has 1 aromatic carbocycles. The fourth-order valence-corrected chi connectivity index (χ4v) is 7.85. The van der Waals surface area contributed by atoms with Gasteiger partial charge in [0.15, 0.2) is 24.1 Å². The number of hydrogen-bond acceptors (Lipinski definition) is 15. The number of benzene rings is 1. The summed E-state index contributed by atoms with van der Waals surface area (Å²) in [5.41, 5.74) is 34.9. The van der Waals surface area contributed by atoms with Crippen LogP contribution in [0.4, 0.5) is 0 Å². The highest BCUT2D eigenvalue weighted by Crippen LogP contribution is 2.23. The van der Waals surface area contributed by atoms with Gasteiger partial charge >= 0.3 is 11.9 Å². The molecule has 0 aliphatic rings. The molecule has 2 aromatic rings. The standard InChI is InChI=1S/C50H83N17O11/c1-7-28(4)38(47(75)67-39(48(76)77)40(78-30(6)68)31-15-9-8-10-16-31)66-46(74)37(23-27(2)3)65-45(73)36(19-14-22-59-50(55)56)64-44(72)35(18-13-21-58-49(53)54)63-43(71)34(17-11-12-20-51)62-41(69)29(5)61-42(70)33(52)24-32-25-57-26-60-32/h8-10,15-16,25-29,33-40H,7,11-14,17-24,51-52H2,1-6H3,(H,57,60)(H,61,70)(H,62,69)(H,63,71)(H,64,72)(H,65,73)(H,66,74)(H,67,75)(H,76,77)(H4,53,54,58)(H4,55,56,59)/t28-,29-,33-,34-,35-,36-,37-,38-,39+,40-/m0/s1. The Morgan fingerprint density at radius 3 is 1.62 bits per heavy atom. The fourth-order valence-electron chi connectivity index (χ4n) is 7.85. The minimum atomic E-state index is -1.78. The molecule has 1 aromatic heterocycles. The topological polar surface area (TPSA) is 477 Å². The zero-order chi connectivity index (χ0) is 58.5. The number of esters is 1. The number of nitrogens with zero attached hydrogens (tertiary/aromatic N) is 3. The lowest BCUT2D eigenvalue weighted by atomic mass is 9.95. The lowest BCUT2D eigenvalue weighted by molar-refractivity contribution is -0.156. The molecule has 0 aliphatic carbocycles. The number of hydrogen-bond donors (Lipinski definition) is 15. The second-order valence-electron chi connectivity index (χ2n) is 19.3. The summed E-state index contributed by atoms with van der Waals surface area (Å²) in [6, 6.07) is -2.69. The summed E-state index contributed by atoms with van der Waals surface area (Å²) in [6.07, 6.45) is 3.02. The Kier molecular flexibility index (Phi) is 29.5. The molecule has 28 nitrogen and oxygen atoms in total. The van der Waals surface area contributed by atoms with E-state index >= 15 is 0 Å². The van der Waals surface area contributed by atoms with Gasteiger partial charge in [-0.3, -0.25) is 48.3 Å². The van der Waals surface area contributed by atoms with E-state index in [0.717, 1.165) is 6.92 Å². The fraction of sp³-hybridized carbons (Fsp3) is 0.600. The van der Waals surface area contributed by atoms with Gasteiger partial charge in [-0.1, -0.05) is 64.4 Å². The number of carbonyl (C=O) groups is 9. The first-order chi connectivity index (χ1) is 36.9. The van der Waals surface area contributed by atoms with Crippen LogP contribution < -0.4 is 71.6 Å². The van der Waals surface area contributed by atoms with Crippen LogP contribution >= 0.6 is 0 Å². The highest BCUT2D eigenvalue weighted by molar-refractivity contribution is 5.97. The van der Waals surface area contributed by atoms with Crippen LogP contribution in [0, 0.1) is 11.8 Å². The summed E-state index contributed by atoms with van der Waals surface area (Å²) < 4.78 is 5.39. The smallest absolute Gasteiger partial charge is 0.330 e. The van der Waals surface area contributed by atoms with Crippen LogP contribution in [-0.4, -0.2) is 148 Å². The van der Waals surface area contributed by atoms with Gasteiger partial charge in [-0.25, -0.2) is 9.78 Å². The third-order valence-corrected chi connectivity index (χ3v) is 12.2. The molecule has 0 bridgehead atoms. The van der Waals surface area contributed by atoms with Crippen molar-refractivity contribution in [3.05, 3.63) is 54.1 Å². The molecule has 1 heterocycles. The number of nitrogens with two attached hydrogens (primary N) is 6. The van der Waals surface area contributed by atoms with E-state index in [0.29, 0.717) is 25.0 Å². The Balaban J connectivity index is 2.48. The number of H-pyrrole nitrogens is 1. The maximum atomic E-state index is 14.4. The SMILES string of the molecule is CC[C@H](C)[C@H](NC(=O)[C@H](CC(C)C)NC(=O)[C@H](CCCN=C(N)N)NC(=O)[C@H](CCCN=C(N)N)NC(=O)[C@H](CCCCN)NC(=O)[C@H](C)NC(=O)[C@@H](N)Cc1cnc[nH]1)C(=O)N[C@@H](C(=O)O)[C@@H](OC(C)=O)c1ccccc1. The number of nitrogens with one attached hydrogen (secondary N) is 8. The highest BCUT2D eigenvalue weighted by Gasteiger charge is 2.39. The zero-order valence-electron chi connectivity index (χ0n) is 45.4. The maximum Gasteiger partial charge on any atom is 0.330 e. The van der Waals surface area contributed by atoms with Gasteiger partial charge in [-0.15, -0.1) is 0 Å². The van der Waals surface area contributed by atoms with Gasteiger partial charge in [0.1, 0.15) is 36.3 Å². The van der Waals surface area contributed by atoms with Crippen LogP contribution in [-0.2, 0) is 54.3 Å². The van der Waals surface area contributed by atoms with Crippen LogP contribution in [0.2, 0.25) is 0 Å². The van der Waals surface area contributed by atoms with Crippen LogP contribution in [0.3, 0.4) is 0 Å². The summed E-state index contributed by atoms with van der Waals surface area (Å²) >= 11 is 0. The van der Waals surface area contributed by atoms with Crippen molar-refractivity contribution >= 4 is 65.2 Å². The van der Waals surface area contributed by atoms with Crippen LogP contribution in [0.15, 0.2) is 52.8 Å². The first kappa shape index (κ1) is 66.2. The van der Waals surface area contributed by atoms with Crippen molar-refractivity contribution < 1.29 is 53.0 Å². The van der Waals surface area contributed by atoms with E-state index in [1.54, 1.807) is 45.9 Å². The van der Waals surface area contributed by atoms with E-state index in [2.05, 4.69) is 57.2 Å². The van der Waals surface area contributed by atoms with Gasteiger partial charge < -0.3 is 86.4 Å². The third-order valence-electron chi connectivity index (χ3n) is 12.2. The molecule has 28 heteroatoms. The number of carbonyl (C=O) groups excluding carboxylic acids is 8. The molecule has 7 amide bonds. The Labute approximate surface area is 454 Å². The number of amides is 7. The monoisotopic (exact) mass is 1100 g/mol. The second kappa shape index (κ2) is 34.7. The molecule has 0 saturated heterocycles. The van der Waals surface area contributed by atoms with Gasteiger partial charge in [0.05, 0.1) is 12.4 Å². The van der Waals surface area contributed by atoms with Crippen LogP contribution in [0.5, 0.6) is 0 Å². The molecular weight excluding hydrogens is 1010 g/mol. The molecular formula is C50H83N17O11. The van der Waals surface area contributed by atoms with Crippen molar-refractivity contribution in [1.29, 1.82) is 0 Å². The number of aromatic amines is 1. The maximum absolute atomic E-state index is 14.4. The Morgan fingerprint density at radius 1 is 0.654 bits per heavy atom. The quantitative estimate of drug-likeness (QED) is 0.0144. The number of rotatable bonds is 36. The first-order valence-electron chi connectivity index (χ1n) is 26.0. The average Bonchev–Trinajstić information content (AvgIpc) is 3.90. The van der Waals surface area contributed by atoms with Crippen molar-refractivity contribution in [2.24, 2.45) is 56.2 Å². The number of unbranched alkanes of at least 4 members (excludes halogenated alkanes) is 1. The van der Waals surface area contributed by atoms with Crippen molar-refractivity contribution in [3.8, 4) is 0 Å². The van der Waals surface area contributed by atoms with E-state index in [1.807, 2.05) is 0 Å². The molecule has 78 heavy (non-hydrogen) atoms. The number of aromatic nitrogens is 2. The Hall–Kier alpha value is -7.88. The van der Waals surface area contributed by atoms with Gasteiger partial charge in [0, 0.05) is 38.3 Å². The number of carboxylic acids is 1. The molecule has 0 spiro atoms. The molecule has 2 rings (SSSR count). The third kappa shape index (κ3) is 24.4. The number of guanidine groups is 2. The van der Waals surface area contributed by atoms with Gasteiger partial charge in [-0.2, -0.15) is 0 Å². The highest BCUT2D eigenvalue weighted by atomic mass is 16.5. The number of carboxylic acid groups (broad SMARTS) is 1. The Bertz CT molecular complexity index is 2310. The van der Waals surface area contributed by atoms with E-state index in [1.165, 1.54) is 31.6 Å². The molecule has 434 valence electrons. The molecule has 10 atom stereocenters. The van der Waals surface area contributed by atoms with Gasteiger partial charge in [0.25, 0.3) is 0 Å². The number of aliphatic carboxylic acids is 1. The summed E-state index contributed by atoms with van der Waals surface area (Å²) in [7, 11) is 0. The number of ether oxygens (including phenoxy) is 1. The van der Waals surface area contributed by atoms with Gasteiger partial charge in [-0.05, 0) is 82.2 Å². The van der Waals surface area contributed by atoms with E-state index < -0.39 is 114 Å². The lowest BCUT2D eigenvalue weighted by Crippen LogP contribution is -2.61. The predicted octanol–water partition coefficient (Wildman–Crippen LogP) is -2.59. The zero-order valence-corrected chi connectivity index (χ0v) is 45.4. The lowest BCUT2D eigenvalue weighted by Gasteiger charge is -2.31. The van der Waals surface area contributed by atoms with Crippen LogP contribution in [0.25, 0.3) is 0 Å². The molecule has 0 aliphatic heterocycles. The summed E-state index contributed by atoms with van der Waals surface area (Å²) in [6.45, 7) is 9.83. The molecule has 0 unspecified atom stereocenters. The van der Waals surface area contributed by atoms with Crippen molar-refractivity contribution in [2.45, 2.75) is 160 Å². The molecule has 0 fully saturated rings. The average molecular weight is 1100 g/mol. The van der Waals surface area contributed by atoms with E-state index in [-0.39, 0.29) is 88.0 Å². The minimum absolute atomic E-state index is 0.0292. The van der Waals surface area contributed by atoms with Gasteiger partial charge in [0.2, 0.25) is 41.4 Å². The van der Waals surface area contributed by atoms with Crippen molar-refractivity contribution in [2.75, 3.05) is 19.6 Å².